The van der Waals surface area contributed by atoms with Crippen LogP contribution in [-0.4, -0.2) is 9.78 Å². The second-order valence-corrected chi connectivity index (χ2v) is 3.25. The quantitative estimate of drug-likeness (QED) is 0.695. The Labute approximate surface area is 80.0 Å². The third kappa shape index (κ3) is 1.27. The lowest BCUT2D eigenvalue weighted by molar-refractivity contribution is 0.625. The zero-order valence-corrected chi connectivity index (χ0v) is 7.99. The first kappa shape index (κ1) is 8.44. The summed E-state index contributed by atoms with van der Waals surface area (Å²) in [5, 5.41) is 3.90. The number of H-pyrrole nitrogens is 1. The highest BCUT2D eigenvalue weighted by Gasteiger charge is 2.02. The van der Waals surface area contributed by atoms with Gasteiger partial charge < -0.3 is 0 Å². The van der Waals surface area contributed by atoms with Gasteiger partial charge >= 0.3 is 0 Å². The summed E-state index contributed by atoms with van der Waals surface area (Å²) in [6.45, 7) is 2.74. The molecule has 4 heteroatoms. The number of halogens is 1. The molecule has 0 spiro atoms. The van der Waals surface area contributed by atoms with E-state index in [1.165, 1.54) is 12.1 Å². The molecule has 0 bridgehead atoms. The van der Waals surface area contributed by atoms with Gasteiger partial charge in [0.2, 0.25) is 0 Å². The van der Waals surface area contributed by atoms with E-state index in [9.17, 15) is 4.39 Å². The molecule has 2 nitrogen and oxygen atoms in total. The minimum atomic E-state index is -0.233. The molecular weight excluding hydrogens is 187 g/mol. The van der Waals surface area contributed by atoms with Crippen molar-refractivity contribution < 1.29 is 4.39 Å². The average Bonchev–Trinajstić information content (AvgIpc) is 2.42. The lowest BCUT2D eigenvalue weighted by atomic mass is 10.2. The summed E-state index contributed by atoms with van der Waals surface area (Å²) in [5.41, 5.74) is 0.826. The van der Waals surface area contributed by atoms with Crippen molar-refractivity contribution in [2.24, 2.45) is 0 Å². The average molecular weight is 196 g/mol. The third-order valence-electron chi connectivity index (χ3n) is 2.05. The molecule has 1 aromatic carbocycles. The minimum absolute atomic E-state index is 0.233. The molecule has 0 fully saturated rings. The van der Waals surface area contributed by atoms with Crippen LogP contribution in [0, 0.1) is 10.5 Å². The Morgan fingerprint density at radius 1 is 1.54 bits per heavy atom. The maximum absolute atomic E-state index is 12.9. The summed E-state index contributed by atoms with van der Waals surface area (Å²) in [7, 11) is 0. The number of rotatable bonds is 1. The van der Waals surface area contributed by atoms with Crippen LogP contribution < -0.4 is 0 Å². The van der Waals surface area contributed by atoms with E-state index in [2.05, 4.69) is 5.10 Å². The number of benzene rings is 1. The van der Waals surface area contributed by atoms with Crippen molar-refractivity contribution in [3.05, 3.63) is 28.7 Å². The SMILES string of the molecule is CCn1[nH]c(=S)c2ccc(F)cc21. The van der Waals surface area contributed by atoms with Crippen LogP contribution in [0.3, 0.4) is 0 Å². The van der Waals surface area contributed by atoms with Gasteiger partial charge in [-0.05, 0) is 25.1 Å². The molecular formula is C9H9FN2S. The van der Waals surface area contributed by atoms with Crippen molar-refractivity contribution in [2.45, 2.75) is 13.5 Å². The van der Waals surface area contributed by atoms with Gasteiger partial charge in [-0.25, -0.2) is 4.39 Å². The van der Waals surface area contributed by atoms with Gasteiger partial charge in [0.05, 0.1) is 5.52 Å². The number of aromatic amines is 1. The summed E-state index contributed by atoms with van der Waals surface area (Å²) in [5.74, 6) is -0.233. The number of hydrogen-bond acceptors (Lipinski definition) is 1. The summed E-state index contributed by atoms with van der Waals surface area (Å²) in [6.07, 6.45) is 0. The predicted octanol–water partition coefficient (Wildman–Crippen LogP) is 2.86. The first-order valence-corrected chi connectivity index (χ1v) is 4.51. The lowest BCUT2D eigenvalue weighted by Gasteiger charge is -1.98. The molecule has 2 rings (SSSR count). The largest absolute Gasteiger partial charge is 0.287 e. The van der Waals surface area contributed by atoms with E-state index < -0.39 is 0 Å². The highest BCUT2D eigenvalue weighted by molar-refractivity contribution is 7.71. The number of hydrogen-bond donors (Lipinski definition) is 1. The summed E-state index contributed by atoms with van der Waals surface area (Å²) in [4.78, 5) is 0. The molecule has 68 valence electrons. The Kier molecular flexibility index (Phi) is 1.92. The summed E-state index contributed by atoms with van der Waals surface area (Å²) in [6, 6.07) is 4.62. The molecule has 0 aliphatic rings. The number of aromatic nitrogens is 2. The molecule has 0 saturated heterocycles. The van der Waals surface area contributed by atoms with Crippen LogP contribution >= 0.6 is 12.2 Å². The van der Waals surface area contributed by atoms with Crippen molar-refractivity contribution in [3.8, 4) is 0 Å². The van der Waals surface area contributed by atoms with E-state index in [-0.39, 0.29) is 5.82 Å². The zero-order valence-electron chi connectivity index (χ0n) is 7.17. The second-order valence-electron chi connectivity index (χ2n) is 2.85. The van der Waals surface area contributed by atoms with E-state index in [1.54, 1.807) is 6.07 Å². The van der Waals surface area contributed by atoms with Gasteiger partial charge in [-0.2, -0.15) is 0 Å². The van der Waals surface area contributed by atoms with Gasteiger partial charge in [-0.15, -0.1) is 0 Å². The Bertz CT molecular complexity index is 498. The van der Waals surface area contributed by atoms with Crippen LogP contribution in [-0.2, 0) is 6.54 Å². The van der Waals surface area contributed by atoms with Gasteiger partial charge in [0.25, 0.3) is 0 Å². The Balaban J connectivity index is 2.89. The minimum Gasteiger partial charge on any atom is -0.287 e. The first-order valence-electron chi connectivity index (χ1n) is 4.10. The van der Waals surface area contributed by atoms with Gasteiger partial charge in [0.15, 0.2) is 0 Å². The topological polar surface area (TPSA) is 20.7 Å². The monoisotopic (exact) mass is 196 g/mol. The standard InChI is InChI=1S/C9H9FN2S/c1-2-12-8-5-6(10)3-4-7(8)9(13)11-12/h3-5H,2H2,1H3,(H,11,13). The van der Waals surface area contributed by atoms with Crippen LogP contribution in [0.2, 0.25) is 0 Å². The second kappa shape index (κ2) is 2.96. The van der Waals surface area contributed by atoms with Crippen molar-refractivity contribution in [1.29, 1.82) is 0 Å². The molecule has 1 aromatic heterocycles. The van der Waals surface area contributed by atoms with Gasteiger partial charge in [0, 0.05) is 11.9 Å². The van der Waals surface area contributed by atoms with Crippen molar-refractivity contribution in [1.82, 2.24) is 9.78 Å². The number of fused-ring (bicyclic) bond motifs is 1. The molecule has 0 aliphatic heterocycles. The van der Waals surface area contributed by atoms with E-state index >= 15 is 0 Å². The van der Waals surface area contributed by atoms with Crippen molar-refractivity contribution >= 4 is 23.1 Å². The van der Waals surface area contributed by atoms with E-state index in [0.29, 0.717) is 4.64 Å². The Morgan fingerprint density at radius 2 is 2.31 bits per heavy atom. The highest BCUT2D eigenvalue weighted by Crippen LogP contribution is 2.16. The fourth-order valence-corrected chi connectivity index (χ4v) is 1.70. The zero-order chi connectivity index (χ0) is 9.42. The number of aryl methyl sites for hydroxylation is 1. The van der Waals surface area contributed by atoms with Gasteiger partial charge in [-0.1, -0.05) is 12.2 Å². The number of nitrogens with one attached hydrogen (secondary N) is 1. The summed E-state index contributed by atoms with van der Waals surface area (Å²) >= 11 is 5.09. The predicted molar refractivity (Wildman–Crippen MR) is 52.8 cm³/mol. The van der Waals surface area contributed by atoms with E-state index in [1.807, 2.05) is 11.6 Å². The first-order chi connectivity index (χ1) is 6.22. The Morgan fingerprint density at radius 3 is 3.00 bits per heavy atom. The molecule has 0 radical (unpaired) electrons. The fraction of sp³-hybridized carbons (Fsp3) is 0.222. The van der Waals surface area contributed by atoms with Crippen LogP contribution in [0.25, 0.3) is 10.9 Å². The van der Waals surface area contributed by atoms with Gasteiger partial charge in [-0.3, -0.25) is 9.78 Å². The molecule has 0 atom stereocenters. The molecule has 1 heterocycles. The molecule has 0 aliphatic carbocycles. The summed E-state index contributed by atoms with van der Waals surface area (Å²) < 4.78 is 15.4. The van der Waals surface area contributed by atoms with Crippen LogP contribution in [0.4, 0.5) is 4.39 Å². The fourth-order valence-electron chi connectivity index (χ4n) is 1.41. The lowest BCUT2D eigenvalue weighted by Crippen LogP contribution is -1.95. The molecule has 0 unspecified atom stereocenters. The highest BCUT2D eigenvalue weighted by atomic mass is 32.1. The smallest absolute Gasteiger partial charge is 0.127 e. The van der Waals surface area contributed by atoms with E-state index in [4.69, 9.17) is 12.2 Å². The molecule has 0 amide bonds. The van der Waals surface area contributed by atoms with Crippen molar-refractivity contribution in [2.75, 3.05) is 0 Å². The molecule has 2 aromatic rings. The molecule has 0 saturated carbocycles. The normalized spacial score (nSPS) is 10.9. The van der Waals surface area contributed by atoms with Gasteiger partial charge in [0.1, 0.15) is 10.5 Å². The molecule has 1 N–H and O–H groups in total. The molecule has 13 heavy (non-hydrogen) atoms. The van der Waals surface area contributed by atoms with Crippen LogP contribution in [0.1, 0.15) is 6.92 Å². The van der Waals surface area contributed by atoms with E-state index in [0.717, 1.165) is 17.4 Å². The Hall–Kier alpha value is -1.16. The van der Waals surface area contributed by atoms with Crippen molar-refractivity contribution in [3.63, 3.8) is 0 Å². The number of nitrogens with zero attached hydrogens (tertiary/aromatic N) is 1. The maximum Gasteiger partial charge on any atom is 0.127 e. The maximum atomic E-state index is 12.9. The van der Waals surface area contributed by atoms with Crippen LogP contribution in [0.5, 0.6) is 0 Å². The van der Waals surface area contributed by atoms with Crippen LogP contribution in [0.15, 0.2) is 18.2 Å². The third-order valence-corrected chi connectivity index (χ3v) is 2.36.